The van der Waals surface area contributed by atoms with Gasteiger partial charge in [-0.2, -0.15) is 0 Å². The molecule has 1 saturated heterocycles. The molecule has 3 amide bonds. The molecule has 1 heterocycles. The quantitative estimate of drug-likeness (QED) is 0.279. The van der Waals surface area contributed by atoms with Crippen molar-refractivity contribution in [3.8, 4) is 11.5 Å². The van der Waals surface area contributed by atoms with Crippen molar-refractivity contribution >= 4 is 35.3 Å². The Morgan fingerprint density at radius 3 is 2.39 bits per heavy atom. The van der Waals surface area contributed by atoms with Gasteiger partial charge in [0.2, 0.25) is 5.91 Å². The fourth-order valence-electron chi connectivity index (χ4n) is 4.69. The Kier molecular flexibility index (Phi) is 9.08. The third-order valence-electron chi connectivity index (χ3n) is 6.85. The van der Waals surface area contributed by atoms with Gasteiger partial charge in [-0.15, -0.1) is 0 Å². The van der Waals surface area contributed by atoms with Crippen LogP contribution in [0.25, 0.3) is 0 Å². The summed E-state index contributed by atoms with van der Waals surface area (Å²) in [4.78, 5) is 50.3. The molecular weight excluding hydrogens is 530 g/mol. The van der Waals surface area contributed by atoms with Crippen molar-refractivity contribution in [2.24, 2.45) is 0 Å². The first-order valence-electron chi connectivity index (χ1n) is 13.0. The minimum absolute atomic E-state index is 0.0427. The maximum atomic E-state index is 13.2. The fraction of sp³-hybridized carbons (Fsp3) is 0.267. The molecule has 0 unspecified atom stereocenters. The second kappa shape index (κ2) is 12.9. The van der Waals surface area contributed by atoms with E-state index in [4.69, 9.17) is 14.6 Å². The lowest BCUT2D eigenvalue weighted by Crippen LogP contribution is -2.40. The van der Waals surface area contributed by atoms with E-state index in [-0.39, 0.29) is 41.9 Å². The molecule has 1 fully saturated rings. The number of benzene rings is 3. The van der Waals surface area contributed by atoms with Crippen molar-refractivity contribution in [3.63, 3.8) is 0 Å². The van der Waals surface area contributed by atoms with Crippen molar-refractivity contribution < 1.29 is 38.9 Å². The van der Waals surface area contributed by atoms with E-state index >= 15 is 0 Å². The first-order chi connectivity index (χ1) is 19.7. The van der Waals surface area contributed by atoms with Gasteiger partial charge >= 0.3 is 18.0 Å². The zero-order valence-electron chi connectivity index (χ0n) is 22.7. The standard InChI is InChI=1S/C30H31N3O8/c1-18-6-3-4-8-23(18)31-30(39)32-24-11-9-19(14-26(24)40-2)15-27(34)33-13-5-7-21(33)17-41-25-12-10-20(28(35)36)16-22(25)29(37)38/h3-4,6,8-12,14,16,21H,5,7,13,15,17H2,1-2H3,(H,35,36)(H,37,38)(H2,31,32,39)/t21-/m0/s1. The van der Waals surface area contributed by atoms with Crippen LogP contribution in [0, 0.1) is 6.92 Å². The van der Waals surface area contributed by atoms with Crippen molar-refractivity contribution in [2.75, 3.05) is 30.9 Å². The number of carboxylic acids is 2. The van der Waals surface area contributed by atoms with E-state index in [1.54, 1.807) is 29.2 Å². The van der Waals surface area contributed by atoms with Gasteiger partial charge < -0.3 is 35.2 Å². The summed E-state index contributed by atoms with van der Waals surface area (Å²) in [5.41, 5.74) is 2.34. The molecule has 0 aliphatic carbocycles. The van der Waals surface area contributed by atoms with Crippen LogP contribution in [0.2, 0.25) is 0 Å². The van der Waals surface area contributed by atoms with Gasteiger partial charge in [0.15, 0.2) is 0 Å². The molecule has 4 N–H and O–H groups in total. The summed E-state index contributed by atoms with van der Waals surface area (Å²) in [5, 5.41) is 24.2. The summed E-state index contributed by atoms with van der Waals surface area (Å²) >= 11 is 0. The number of likely N-dealkylation sites (tertiary alicyclic amines) is 1. The summed E-state index contributed by atoms with van der Waals surface area (Å²) in [6.07, 6.45) is 1.55. The Bertz CT molecular complexity index is 1470. The lowest BCUT2D eigenvalue weighted by molar-refractivity contribution is -0.131. The van der Waals surface area contributed by atoms with Crippen molar-refractivity contribution in [1.29, 1.82) is 0 Å². The molecule has 11 nitrogen and oxygen atoms in total. The molecule has 0 radical (unpaired) electrons. The number of aryl methyl sites for hydroxylation is 1. The first-order valence-corrected chi connectivity index (χ1v) is 13.0. The van der Waals surface area contributed by atoms with E-state index < -0.39 is 18.0 Å². The maximum Gasteiger partial charge on any atom is 0.339 e. The SMILES string of the molecule is COc1cc(CC(=O)N2CCC[C@H]2COc2ccc(C(=O)O)cc2C(=O)O)ccc1NC(=O)Nc1ccccc1C. The predicted octanol–water partition coefficient (Wildman–Crippen LogP) is 4.66. The second-order valence-corrected chi connectivity index (χ2v) is 9.62. The number of ether oxygens (including phenoxy) is 2. The highest BCUT2D eigenvalue weighted by molar-refractivity contribution is 6.01. The molecule has 1 atom stereocenters. The first kappa shape index (κ1) is 28.9. The number of hydrogen-bond acceptors (Lipinski definition) is 6. The smallest absolute Gasteiger partial charge is 0.339 e. The maximum absolute atomic E-state index is 13.2. The highest BCUT2D eigenvalue weighted by Crippen LogP contribution is 2.28. The van der Waals surface area contributed by atoms with Gasteiger partial charge in [0.25, 0.3) is 0 Å². The Morgan fingerprint density at radius 1 is 0.927 bits per heavy atom. The number of carboxylic acid groups (broad SMARTS) is 2. The number of anilines is 2. The van der Waals surface area contributed by atoms with E-state index in [0.29, 0.717) is 35.7 Å². The average Bonchev–Trinajstić information content (AvgIpc) is 3.42. The van der Waals surface area contributed by atoms with E-state index in [2.05, 4.69) is 10.6 Å². The zero-order valence-corrected chi connectivity index (χ0v) is 22.7. The van der Waals surface area contributed by atoms with E-state index in [1.807, 2.05) is 25.1 Å². The van der Waals surface area contributed by atoms with Crippen LogP contribution in [-0.4, -0.2) is 65.3 Å². The normalized spacial score (nSPS) is 14.3. The highest BCUT2D eigenvalue weighted by Gasteiger charge is 2.30. The van der Waals surface area contributed by atoms with Crippen molar-refractivity contribution in [1.82, 2.24) is 4.90 Å². The van der Waals surface area contributed by atoms with Gasteiger partial charge in [0.1, 0.15) is 23.7 Å². The molecule has 3 aromatic rings. The van der Waals surface area contributed by atoms with Crippen LogP contribution in [0.3, 0.4) is 0 Å². The Morgan fingerprint density at radius 2 is 1.68 bits per heavy atom. The van der Waals surface area contributed by atoms with Crippen LogP contribution in [0.15, 0.2) is 60.7 Å². The zero-order chi connectivity index (χ0) is 29.5. The minimum atomic E-state index is -1.30. The molecule has 4 rings (SSSR count). The van der Waals surface area contributed by atoms with Crippen molar-refractivity contribution in [2.45, 2.75) is 32.2 Å². The molecular formula is C30H31N3O8. The Labute approximate surface area is 236 Å². The van der Waals surface area contributed by atoms with Gasteiger partial charge in [-0.05, 0) is 67.3 Å². The van der Waals surface area contributed by atoms with Gasteiger partial charge in [0, 0.05) is 12.2 Å². The summed E-state index contributed by atoms with van der Waals surface area (Å²) in [6.45, 7) is 2.50. The fourth-order valence-corrected chi connectivity index (χ4v) is 4.69. The average molecular weight is 562 g/mol. The summed E-state index contributed by atoms with van der Waals surface area (Å²) in [7, 11) is 1.48. The molecule has 0 aromatic heterocycles. The summed E-state index contributed by atoms with van der Waals surface area (Å²) in [5.74, 6) is -2.22. The number of carbonyl (C=O) groups is 4. The molecule has 0 spiro atoms. The van der Waals surface area contributed by atoms with Crippen LogP contribution in [0.5, 0.6) is 11.5 Å². The second-order valence-electron chi connectivity index (χ2n) is 9.62. The number of nitrogens with zero attached hydrogens (tertiary/aromatic N) is 1. The van der Waals surface area contributed by atoms with Crippen LogP contribution < -0.4 is 20.1 Å². The summed E-state index contributed by atoms with van der Waals surface area (Å²) < 4.78 is 11.2. The molecule has 3 aromatic carbocycles. The number of aromatic carboxylic acids is 2. The lowest BCUT2D eigenvalue weighted by Gasteiger charge is -2.25. The largest absolute Gasteiger partial charge is 0.495 e. The van der Waals surface area contributed by atoms with E-state index in [9.17, 15) is 24.3 Å². The number of carbonyl (C=O) groups excluding carboxylic acids is 2. The number of urea groups is 1. The number of para-hydroxylation sites is 1. The van der Waals surface area contributed by atoms with E-state index in [0.717, 1.165) is 18.1 Å². The minimum Gasteiger partial charge on any atom is -0.495 e. The highest BCUT2D eigenvalue weighted by atomic mass is 16.5. The Balaban J connectivity index is 1.38. The molecule has 1 aliphatic rings. The summed E-state index contributed by atoms with van der Waals surface area (Å²) in [6, 6.07) is 15.5. The van der Waals surface area contributed by atoms with E-state index in [1.165, 1.54) is 19.2 Å². The van der Waals surface area contributed by atoms with Crippen LogP contribution in [-0.2, 0) is 11.2 Å². The molecule has 214 valence electrons. The van der Waals surface area contributed by atoms with Crippen molar-refractivity contribution in [3.05, 3.63) is 82.9 Å². The molecule has 0 bridgehead atoms. The van der Waals surface area contributed by atoms with Gasteiger partial charge in [0.05, 0.1) is 30.8 Å². The number of rotatable bonds is 10. The Hall–Kier alpha value is -5.06. The third-order valence-corrected chi connectivity index (χ3v) is 6.85. The topological polar surface area (TPSA) is 154 Å². The third kappa shape index (κ3) is 7.13. The van der Waals surface area contributed by atoms with Crippen LogP contribution >= 0.6 is 0 Å². The van der Waals surface area contributed by atoms with Crippen LogP contribution in [0.4, 0.5) is 16.2 Å². The molecule has 1 aliphatic heterocycles. The van der Waals surface area contributed by atoms with Gasteiger partial charge in [-0.1, -0.05) is 24.3 Å². The molecule has 41 heavy (non-hydrogen) atoms. The molecule has 11 heteroatoms. The number of amides is 3. The number of nitrogens with one attached hydrogen (secondary N) is 2. The number of hydrogen-bond donors (Lipinski definition) is 4. The van der Waals surface area contributed by atoms with Gasteiger partial charge in [-0.25, -0.2) is 14.4 Å². The molecule has 0 saturated carbocycles. The van der Waals surface area contributed by atoms with Crippen LogP contribution in [0.1, 0.15) is 44.7 Å². The lowest BCUT2D eigenvalue weighted by atomic mass is 10.1. The monoisotopic (exact) mass is 561 g/mol. The number of methoxy groups -OCH3 is 1. The predicted molar refractivity (Wildman–Crippen MR) is 151 cm³/mol. The van der Waals surface area contributed by atoms with Gasteiger partial charge in [-0.3, -0.25) is 4.79 Å².